The maximum Gasteiger partial charge on any atom is 0.261 e. The van der Waals surface area contributed by atoms with Crippen molar-refractivity contribution in [1.29, 1.82) is 0 Å². The fourth-order valence-corrected chi connectivity index (χ4v) is 5.37. The van der Waals surface area contributed by atoms with Crippen LogP contribution in [0.25, 0.3) is 22.0 Å². The highest BCUT2D eigenvalue weighted by Crippen LogP contribution is 2.25. The molecular weight excluding hydrogens is 453 g/mol. The fraction of sp³-hybridized carbons (Fsp3) is 0.333. The van der Waals surface area contributed by atoms with E-state index in [-0.39, 0.29) is 17.1 Å². The quantitative estimate of drug-likeness (QED) is 0.415. The highest BCUT2D eigenvalue weighted by Gasteiger charge is 2.24. The normalized spacial score (nSPS) is 17.9. The Labute approximate surface area is 210 Å². The van der Waals surface area contributed by atoms with Gasteiger partial charge in [-0.1, -0.05) is 30.3 Å². The highest BCUT2D eigenvalue weighted by atomic mass is 19.1. The van der Waals surface area contributed by atoms with Gasteiger partial charge in [-0.2, -0.15) is 0 Å². The zero-order chi connectivity index (χ0) is 25.1. The molecule has 5 rings (SSSR count). The van der Waals surface area contributed by atoms with Crippen molar-refractivity contribution in [2.24, 2.45) is 5.92 Å². The van der Waals surface area contributed by atoms with Crippen LogP contribution in [-0.2, 0) is 19.4 Å². The average Bonchev–Trinajstić information content (AvgIpc) is 2.90. The van der Waals surface area contributed by atoms with E-state index in [1.165, 1.54) is 25.1 Å². The van der Waals surface area contributed by atoms with E-state index in [0.29, 0.717) is 36.2 Å². The number of rotatable bonds is 7. The van der Waals surface area contributed by atoms with Crippen molar-refractivity contribution >= 4 is 10.9 Å². The molecule has 1 aliphatic rings. The number of aryl methyl sites for hydroxylation is 2. The monoisotopic (exact) mass is 486 g/mol. The number of hydrogen-bond donors (Lipinski definition) is 2. The number of benzene rings is 3. The molecule has 1 aromatic heterocycles. The minimum Gasteiger partial charge on any atom is -0.508 e. The smallest absolute Gasteiger partial charge is 0.261 e. The van der Waals surface area contributed by atoms with E-state index in [0.717, 1.165) is 42.0 Å². The molecule has 186 valence electrons. The first-order valence-corrected chi connectivity index (χ1v) is 12.9. The number of piperidine rings is 1. The Hall–Kier alpha value is -3.51. The van der Waals surface area contributed by atoms with E-state index in [9.17, 15) is 14.3 Å². The van der Waals surface area contributed by atoms with Crippen LogP contribution in [-0.4, -0.2) is 34.3 Å². The van der Waals surface area contributed by atoms with Crippen LogP contribution in [0.4, 0.5) is 4.39 Å². The van der Waals surface area contributed by atoms with Gasteiger partial charge in [-0.25, -0.2) is 9.37 Å². The van der Waals surface area contributed by atoms with Crippen LogP contribution in [0.15, 0.2) is 71.5 Å². The van der Waals surface area contributed by atoms with Crippen molar-refractivity contribution < 1.29 is 14.4 Å². The van der Waals surface area contributed by atoms with Gasteiger partial charge in [0.2, 0.25) is 0 Å². The molecule has 1 saturated heterocycles. The molecule has 0 radical (unpaired) electrons. The Bertz CT molecular complexity index is 1400. The number of hydrogen-bond acceptors (Lipinski definition) is 3. The first-order valence-electron chi connectivity index (χ1n) is 12.9. The Balaban J connectivity index is 1.53. The molecule has 36 heavy (non-hydrogen) atoms. The number of phenols is 1. The molecule has 0 bridgehead atoms. The maximum absolute atomic E-state index is 13.9. The lowest BCUT2D eigenvalue weighted by molar-refractivity contribution is -0.907. The van der Waals surface area contributed by atoms with Gasteiger partial charge in [-0.15, -0.1) is 0 Å². The Morgan fingerprint density at radius 3 is 2.53 bits per heavy atom. The summed E-state index contributed by atoms with van der Waals surface area (Å²) in [5, 5.41) is 10.3. The summed E-state index contributed by atoms with van der Waals surface area (Å²) < 4.78 is 15.3. The summed E-state index contributed by atoms with van der Waals surface area (Å²) in [5.41, 5.74) is 3.58. The number of quaternary nitrogens is 1. The molecule has 5 nitrogen and oxygen atoms in total. The molecule has 0 spiro atoms. The number of likely N-dealkylation sites (tertiary alicyclic amines) is 1. The van der Waals surface area contributed by atoms with E-state index < -0.39 is 0 Å². The minimum absolute atomic E-state index is 0.00152. The number of phenolic OH excluding ortho intramolecular Hbond substituents is 1. The van der Waals surface area contributed by atoms with Crippen molar-refractivity contribution in [2.75, 3.05) is 19.6 Å². The van der Waals surface area contributed by atoms with Gasteiger partial charge in [0.05, 0.1) is 30.5 Å². The van der Waals surface area contributed by atoms with Gasteiger partial charge in [0, 0.05) is 18.9 Å². The SMILES string of the molecule is CC[NH+]1CCCC(Cn2c(CCc3ccc(F)cc3)nc3ccc(-c4ccc(O)cc4)cc3c2=O)C1. The van der Waals surface area contributed by atoms with Crippen molar-refractivity contribution in [2.45, 2.75) is 39.2 Å². The Kier molecular flexibility index (Phi) is 7.14. The molecule has 2 unspecified atom stereocenters. The van der Waals surface area contributed by atoms with E-state index in [1.54, 1.807) is 29.2 Å². The van der Waals surface area contributed by atoms with E-state index in [1.807, 2.05) is 34.9 Å². The first kappa shape index (κ1) is 24.2. The number of nitrogens with zero attached hydrogens (tertiary/aromatic N) is 2. The lowest BCUT2D eigenvalue weighted by Gasteiger charge is -2.30. The molecule has 0 amide bonds. The molecule has 1 aliphatic heterocycles. The summed E-state index contributed by atoms with van der Waals surface area (Å²) in [6, 6.07) is 19.4. The molecule has 2 N–H and O–H groups in total. The molecule has 2 atom stereocenters. The van der Waals surface area contributed by atoms with Crippen LogP contribution in [0.1, 0.15) is 31.2 Å². The maximum atomic E-state index is 13.9. The standard InChI is InChI=1S/C30H32FN3O2/c1-2-33-17-3-4-22(19-33)20-34-29(16-7-21-5-11-25(31)12-6-21)32-28-15-10-24(18-27(28)30(34)36)23-8-13-26(35)14-9-23/h5-6,8-15,18,22,35H,2-4,7,16-17,19-20H2,1H3/p+1. The van der Waals surface area contributed by atoms with E-state index >= 15 is 0 Å². The molecule has 0 saturated carbocycles. The van der Waals surface area contributed by atoms with Gasteiger partial charge in [0.15, 0.2) is 0 Å². The summed E-state index contributed by atoms with van der Waals surface area (Å²) in [6.45, 7) is 6.28. The molecule has 6 heteroatoms. The fourth-order valence-electron chi connectivity index (χ4n) is 5.37. The van der Waals surface area contributed by atoms with Gasteiger partial charge in [-0.3, -0.25) is 9.36 Å². The van der Waals surface area contributed by atoms with Crippen LogP contribution in [0, 0.1) is 11.7 Å². The summed E-state index contributed by atoms with van der Waals surface area (Å²) in [6.07, 6.45) is 3.62. The van der Waals surface area contributed by atoms with Crippen LogP contribution in [0.2, 0.25) is 0 Å². The molecule has 3 aromatic carbocycles. The number of nitrogens with one attached hydrogen (secondary N) is 1. The highest BCUT2D eigenvalue weighted by molar-refractivity contribution is 5.84. The summed E-state index contributed by atoms with van der Waals surface area (Å²) in [5.74, 6) is 1.20. The molecular formula is C30H33FN3O2+. The second kappa shape index (κ2) is 10.6. The second-order valence-electron chi connectivity index (χ2n) is 9.91. The average molecular weight is 487 g/mol. The predicted octanol–water partition coefficient (Wildman–Crippen LogP) is 4.01. The minimum atomic E-state index is -0.246. The van der Waals surface area contributed by atoms with Crippen molar-refractivity contribution in [1.82, 2.24) is 9.55 Å². The van der Waals surface area contributed by atoms with E-state index in [2.05, 4.69) is 6.92 Å². The molecule has 2 heterocycles. The zero-order valence-electron chi connectivity index (χ0n) is 20.7. The molecule has 1 fully saturated rings. The van der Waals surface area contributed by atoms with Crippen molar-refractivity contribution in [3.8, 4) is 16.9 Å². The third-order valence-electron chi connectivity index (χ3n) is 7.45. The Morgan fingerprint density at radius 2 is 1.78 bits per heavy atom. The van der Waals surface area contributed by atoms with Gasteiger partial charge >= 0.3 is 0 Å². The molecule has 0 aliphatic carbocycles. The second-order valence-corrected chi connectivity index (χ2v) is 9.91. The largest absolute Gasteiger partial charge is 0.508 e. The topological polar surface area (TPSA) is 59.6 Å². The number of aromatic nitrogens is 2. The van der Waals surface area contributed by atoms with Crippen molar-refractivity contribution in [3.63, 3.8) is 0 Å². The zero-order valence-corrected chi connectivity index (χ0v) is 20.7. The summed E-state index contributed by atoms with van der Waals surface area (Å²) in [4.78, 5) is 20.5. The van der Waals surface area contributed by atoms with Crippen LogP contribution in [0.5, 0.6) is 5.75 Å². The summed E-state index contributed by atoms with van der Waals surface area (Å²) in [7, 11) is 0. The van der Waals surface area contributed by atoms with E-state index in [4.69, 9.17) is 4.98 Å². The number of halogens is 1. The third-order valence-corrected chi connectivity index (χ3v) is 7.45. The lowest BCUT2D eigenvalue weighted by atomic mass is 9.97. The number of aromatic hydroxyl groups is 1. The van der Waals surface area contributed by atoms with Crippen LogP contribution in [0.3, 0.4) is 0 Å². The Morgan fingerprint density at radius 1 is 1.03 bits per heavy atom. The lowest BCUT2D eigenvalue weighted by Crippen LogP contribution is -3.13. The predicted molar refractivity (Wildman–Crippen MR) is 141 cm³/mol. The number of fused-ring (bicyclic) bond motifs is 1. The van der Waals surface area contributed by atoms with Gasteiger partial charge < -0.3 is 10.0 Å². The third kappa shape index (κ3) is 5.34. The molecule has 4 aromatic rings. The first-order chi connectivity index (χ1) is 17.5. The van der Waals surface area contributed by atoms with Gasteiger partial charge in [0.1, 0.15) is 17.4 Å². The van der Waals surface area contributed by atoms with Gasteiger partial charge in [-0.05, 0) is 79.3 Å². The van der Waals surface area contributed by atoms with Crippen LogP contribution < -0.4 is 10.5 Å². The van der Waals surface area contributed by atoms with Crippen LogP contribution >= 0.6 is 0 Å². The summed E-state index contributed by atoms with van der Waals surface area (Å²) >= 11 is 0. The van der Waals surface area contributed by atoms with Crippen molar-refractivity contribution in [3.05, 3.63) is 94.3 Å². The van der Waals surface area contributed by atoms with Gasteiger partial charge in [0.25, 0.3) is 5.56 Å².